The van der Waals surface area contributed by atoms with Gasteiger partial charge in [0, 0.05) is 17.3 Å². The number of aromatic nitrogens is 2. The largest absolute Gasteiger partial charge is 0.262 e. The van der Waals surface area contributed by atoms with Gasteiger partial charge < -0.3 is 0 Å². The summed E-state index contributed by atoms with van der Waals surface area (Å²) in [5.74, 6) is 0.568. The van der Waals surface area contributed by atoms with Crippen molar-refractivity contribution in [3.8, 4) is 0 Å². The molecule has 1 unspecified atom stereocenters. The fourth-order valence-corrected chi connectivity index (χ4v) is 2.58. The summed E-state index contributed by atoms with van der Waals surface area (Å²) < 4.78 is 0. The van der Waals surface area contributed by atoms with Crippen LogP contribution in [0.4, 0.5) is 0 Å². The Balaban J connectivity index is 1.95. The van der Waals surface area contributed by atoms with Gasteiger partial charge in [-0.25, -0.2) is 4.98 Å². The number of thiazole rings is 1. The molecule has 0 aromatic carbocycles. The predicted octanol–water partition coefficient (Wildman–Crippen LogP) is 3.89. The molecule has 0 aliphatic carbocycles. The van der Waals surface area contributed by atoms with Crippen LogP contribution in [0.3, 0.4) is 0 Å². The third-order valence-corrected chi connectivity index (χ3v) is 3.81. The van der Waals surface area contributed by atoms with Gasteiger partial charge in [0.1, 0.15) is 0 Å². The van der Waals surface area contributed by atoms with Gasteiger partial charge in [-0.3, -0.25) is 4.98 Å². The summed E-state index contributed by atoms with van der Waals surface area (Å²) in [4.78, 5) is 8.73. The zero-order valence-corrected chi connectivity index (χ0v) is 11.4. The van der Waals surface area contributed by atoms with Crippen LogP contribution in [-0.2, 0) is 6.42 Å². The first-order chi connectivity index (χ1) is 8.15. The lowest BCUT2D eigenvalue weighted by molar-refractivity contribution is 0.670. The van der Waals surface area contributed by atoms with Crippen molar-refractivity contribution in [2.75, 3.05) is 0 Å². The third kappa shape index (κ3) is 3.37. The number of hydrogen-bond donors (Lipinski definition) is 0. The first-order valence-corrected chi connectivity index (χ1v) is 6.86. The molecule has 2 aromatic heterocycles. The second-order valence-corrected chi connectivity index (χ2v) is 5.59. The van der Waals surface area contributed by atoms with Gasteiger partial charge in [-0.15, -0.1) is 11.3 Å². The lowest BCUT2D eigenvalue weighted by Crippen LogP contribution is -1.98. The number of aryl methyl sites for hydroxylation is 3. The Hall–Kier alpha value is -1.22. The van der Waals surface area contributed by atoms with Crippen molar-refractivity contribution in [2.45, 2.75) is 39.5 Å². The van der Waals surface area contributed by atoms with Crippen LogP contribution in [0.15, 0.2) is 23.7 Å². The van der Waals surface area contributed by atoms with E-state index in [9.17, 15) is 0 Å². The molecule has 0 aliphatic rings. The fourth-order valence-electron chi connectivity index (χ4n) is 1.93. The van der Waals surface area contributed by atoms with E-state index in [0.29, 0.717) is 5.92 Å². The van der Waals surface area contributed by atoms with E-state index in [2.05, 4.69) is 41.3 Å². The van der Waals surface area contributed by atoms with Crippen LogP contribution in [-0.4, -0.2) is 9.97 Å². The Labute approximate surface area is 107 Å². The molecular formula is C14H18N2S. The molecule has 0 aliphatic heterocycles. The molecule has 0 bridgehead atoms. The molecule has 0 amide bonds. The second kappa shape index (κ2) is 5.41. The summed E-state index contributed by atoms with van der Waals surface area (Å²) in [6.07, 6.45) is 4.10. The van der Waals surface area contributed by atoms with Crippen LogP contribution in [0.1, 0.15) is 41.2 Å². The molecule has 17 heavy (non-hydrogen) atoms. The molecule has 0 fully saturated rings. The molecule has 0 spiro atoms. The highest BCUT2D eigenvalue weighted by Gasteiger charge is 2.07. The Morgan fingerprint density at radius 1 is 1.35 bits per heavy atom. The van der Waals surface area contributed by atoms with E-state index < -0.39 is 0 Å². The molecule has 3 heteroatoms. The average Bonchev–Trinajstić information content (AvgIpc) is 2.72. The first kappa shape index (κ1) is 12.2. The van der Waals surface area contributed by atoms with Gasteiger partial charge in [0.2, 0.25) is 0 Å². The van der Waals surface area contributed by atoms with Gasteiger partial charge in [-0.05, 0) is 50.3 Å². The van der Waals surface area contributed by atoms with E-state index in [4.69, 9.17) is 0 Å². The van der Waals surface area contributed by atoms with Crippen LogP contribution in [0.2, 0.25) is 0 Å². The van der Waals surface area contributed by atoms with Crippen molar-refractivity contribution in [1.29, 1.82) is 0 Å². The molecule has 2 heterocycles. The average molecular weight is 246 g/mol. The number of pyridine rings is 1. The Kier molecular flexibility index (Phi) is 3.89. The molecule has 0 radical (unpaired) electrons. The fraction of sp³-hybridized carbons (Fsp3) is 0.429. The molecule has 2 rings (SSSR count). The first-order valence-electron chi connectivity index (χ1n) is 5.98. The smallest absolute Gasteiger partial charge is 0.0897 e. The minimum atomic E-state index is 0.568. The SMILES string of the molecule is Cc1cc(C(C)CCc2csc(C)n2)ccn1. The van der Waals surface area contributed by atoms with Crippen LogP contribution in [0, 0.1) is 13.8 Å². The van der Waals surface area contributed by atoms with Crippen molar-refractivity contribution in [3.63, 3.8) is 0 Å². The van der Waals surface area contributed by atoms with Gasteiger partial charge in [0.15, 0.2) is 0 Å². The highest BCUT2D eigenvalue weighted by molar-refractivity contribution is 7.09. The van der Waals surface area contributed by atoms with Crippen LogP contribution in [0.25, 0.3) is 0 Å². The van der Waals surface area contributed by atoms with Gasteiger partial charge in [0.05, 0.1) is 10.7 Å². The van der Waals surface area contributed by atoms with E-state index in [1.807, 2.05) is 13.1 Å². The molecule has 2 nitrogen and oxygen atoms in total. The summed E-state index contributed by atoms with van der Waals surface area (Å²) in [6, 6.07) is 4.29. The van der Waals surface area contributed by atoms with E-state index in [-0.39, 0.29) is 0 Å². The van der Waals surface area contributed by atoms with Crippen molar-refractivity contribution in [1.82, 2.24) is 9.97 Å². The summed E-state index contributed by atoms with van der Waals surface area (Å²) in [5.41, 5.74) is 3.70. The minimum Gasteiger partial charge on any atom is -0.262 e. The van der Waals surface area contributed by atoms with Crippen LogP contribution in [0.5, 0.6) is 0 Å². The topological polar surface area (TPSA) is 25.8 Å². The normalized spacial score (nSPS) is 12.6. The monoisotopic (exact) mass is 246 g/mol. The lowest BCUT2D eigenvalue weighted by atomic mass is 9.96. The summed E-state index contributed by atoms with van der Waals surface area (Å²) in [5, 5.41) is 3.33. The predicted molar refractivity (Wildman–Crippen MR) is 72.6 cm³/mol. The summed E-state index contributed by atoms with van der Waals surface area (Å²) in [6.45, 7) is 6.37. The molecule has 2 aromatic rings. The van der Waals surface area contributed by atoms with E-state index in [1.54, 1.807) is 11.3 Å². The molecule has 0 N–H and O–H groups in total. The van der Waals surface area contributed by atoms with Gasteiger partial charge >= 0.3 is 0 Å². The van der Waals surface area contributed by atoms with Gasteiger partial charge in [-0.2, -0.15) is 0 Å². The minimum absolute atomic E-state index is 0.568. The molecular weight excluding hydrogens is 228 g/mol. The Morgan fingerprint density at radius 3 is 2.82 bits per heavy atom. The Morgan fingerprint density at radius 2 is 2.18 bits per heavy atom. The van der Waals surface area contributed by atoms with Crippen LogP contribution >= 0.6 is 11.3 Å². The Bertz CT molecular complexity index is 490. The number of rotatable bonds is 4. The van der Waals surface area contributed by atoms with Gasteiger partial charge in [-0.1, -0.05) is 6.92 Å². The second-order valence-electron chi connectivity index (χ2n) is 4.53. The van der Waals surface area contributed by atoms with Crippen molar-refractivity contribution < 1.29 is 0 Å². The molecule has 0 saturated heterocycles. The maximum absolute atomic E-state index is 4.50. The maximum Gasteiger partial charge on any atom is 0.0897 e. The van der Waals surface area contributed by atoms with Crippen molar-refractivity contribution in [3.05, 3.63) is 45.7 Å². The quantitative estimate of drug-likeness (QED) is 0.818. The summed E-state index contributed by atoms with van der Waals surface area (Å²) >= 11 is 1.73. The summed E-state index contributed by atoms with van der Waals surface area (Å²) in [7, 11) is 0. The zero-order valence-electron chi connectivity index (χ0n) is 10.6. The van der Waals surface area contributed by atoms with Crippen LogP contribution < -0.4 is 0 Å². The van der Waals surface area contributed by atoms with Crippen molar-refractivity contribution >= 4 is 11.3 Å². The third-order valence-electron chi connectivity index (χ3n) is 2.99. The van der Waals surface area contributed by atoms with Crippen molar-refractivity contribution in [2.24, 2.45) is 0 Å². The molecule has 1 atom stereocenters. The van der Waals surface area contributed by atoms with Gasteiger partial charge in [0.25, 0.3) is 0 Å². The molecule has 0 saturated carbocycles. The molecule has 90 valence electrons. The van der Waals surface area contributed by atoms with E-state index >= 15 is 0 Å². The standard InChI is InChI=1S/C14H18N2S/c1-10(13-6-7-15-11(2)8-13)4-5-14-9-17-12(3)16-14/h6-10H,4-5H2,1-3H3. The van der Waals surface area contributed by atoms with E-state index in [1.165, 1.54) is 11.3 Å². The zero-order chi connectivity index (χ0) is 12.3. The highest BCUT2D eigenvalue weighted by atomic mass is 32.1. The number of hydrogen-bond acceptors (Lipinski definition) is 3. The lowest BCUT2D eigenvalue weighted by Gasteiger charge is -2.11. The highest BCUT2D eigenvalue weighted by Crippen LogP contribution is 2.21. The maximum atomic E-state index is 4.50. The van der Waals surface area contributed by atoms with E-state index in [0.717, 1.165) is 23.5 Å². The number of nitrogens with zero attached hydrogens (tertiary/aromatic N) is 2.